The van der Waals surface area contributed by atoms with Crippen LogP contribution in [0.3, 0.4) is 0 Å². The summed E-state index contributed by atoms with van der Waals surface area (Å²) in [5, 5.41) is 3.07. The van der Waals surface area contributed by atoms with Crippen LogP contribution in [-0.4, -0.2) is 64.0 Å². The highest BCUT2D eigenvalue weighted by atomic mass is 127. The lowest BCUT2D eigenvalue weighted by Gasteiger charge is -2.33. The largest absolute Gasteiger partial charge is 0.497 e. The maximum atomic E-state index is 6.03. The third-order valence-corrected chi connectivity index (χ3v) is 3.98. The van der Waals surface area contributed by atoms with E-state index in [2.05, 4.69) is 29.1 Å². The lowest BCUT2D eigenvalue weighted by Crippen LogP contribution is -2.45. The van der Waals surface area contributed by atoms with Gasteiger partial charge in [0.1, 0.15) is 11.5 Å². The van der Waals surface area contributed by atoms with Gasteiger partial charge in [-0.3, -0.25) is 9.89 Å². The van der Waals surface area contributed by atoms with Crippen LogP contribution < -0.4 is 20.5 Å². The zero-order valence-corrected chi connectivity index (χ0v) is 18.4. The maximum absolute atomic E-state index is 6.03. The molecule has 3 N–H and O–H groups in total. The maximum Gasteiger partial charge on any atom is 0.193 e. The zero-order valence-electron chi connectivity index (χ0n) is 16.0. The molecule has 2 rings (SSSR count). The molecule has 1 fully saturated rings. The summed E-state index contributed by atoms with van der Waals surface area (Å²) < 4.78 is 16.4. The molecule has 0 amide bonds. The summed E-state index contributed by atoms with van der Waals surface area (Å²) in [5.41, 5.74) is 6.74. The molecule has 1 aromatic rings. The fourth-order valence-electron chi connectivity index (χ4n) is 2.86. The number of hydrogen-bond acceptors (Lipinski definition) is 5. The van der Waals surface area contributed by atoms with Gasteiger partial charge in [0.2, 0.25) is 0 Å². The second kappa shape index (κ2) is 11.5. The number of nitrogens with two attached hydrogens (primary N) is 1. The van der Waals surface area contributed by atoms with E-state index >= 15 is 0 Å². The first kappa shape index (κ1) is 22.8. The van der Waals surface area contributed by atoms with Crippen molar-refractivity contribution in [2.45, 2.75) is 20.0 Å². The fraction of sp³-hybridized carbons (Fsp3) is 0.611. The Labute approximate surface area is 173 Å². The lowest BCUT2D eigenvalue weighted by atomic mass is 10.2. The van der Waals surface area contributed by atoms with Gasteiger partial charge in [0, 0.05) is 25.7 Å². The lowest BCUT2D eigenvalue weighted by molar-refractivity contribution is -0.0261. The van der Waals surface area contributed by atoms with Crippen molar-refractivity contribution in [1.82, 2.24) is 4.90 Å². The van der Waals surface area contributed by atoms with Crippen molar-refractivity contribution < 1.29 is 14.2 Å². The van der Waals surface area contributed by atoms with Crippen LogP contribution in [0.25, 0.3) is 0 Å². The van der Waals surface area contributed by atoms with Crippen LogP contribution >= 0.6 is 24.0 Å². The minimum absolute atomic E-state index is 0. The van der Waals surface area contributed by atoms with Gasteiger partial charge in [0.05, 0.1) is 39.2 Å². The van der Waals surface area contributed by atoms with Crippen molar-refractivity contribution in [2.24, 2.45) is 16.6 Å². The van der Waals surface area contributed by atoms with E-state index in [1.54, 1.807) is 14.2 Å². The molecule has 7 nitrogen and oxygen atoms in total. The van der Waals surface area contributed by atoms with Gasteiger partial charge in [-0.15, -0.1) is 24.0 Å². The Morgan fingerprint density at radius 2 is 2.15 bits per heavy atom. The molecule has 1 heterocycles. The molecule has 0 saturated carbocycles. The van der Waals surface area contributed by atoms with E-state index < -0.39 is 0 Å². The molecule has 1 saturated heterocycles. The molecule has 8 heteroatoms. The zero-order chi connectivity index (χ0) is 18.2. The summed E-state index contributed by atoms with van der Waals surface area (Å²) in [6.07, 6.45) is 0.0695. The second-order valence-electron chi connectivity index (χ2n) is 6.56. The number of guanidine groups is 1. The average molecular weight is 478 g/mol. The highest BCUT2D eigenvalue weighted by molar-refractivity contribution is 14.0. The third-order valence-electron chi connectivity index (χ3n) is 3.98. The molecule has 1 aromatic carbocycles. The fourth-order valence-corrected chi connectivity index (χ4v) is 2.86. The molecule has 0 aliphatic carbocycles. The van der Waals surface area contributed by atoms with Crippen molar-refractivity contribution >= 4 is 35.6 Å². The first-order valence-electron chi connectivity index (χ1n) is 8.64. The van der Waals surface area contributed by atoms with Crippen LogP contribution in [0.5, 0.6) is 11.5 Å². The molecule has 0 aromatic heterocycles. The Bertz CT molecular complexity index is 584. The van der Waals surface area contributed by atoms with E-state index in [1.165, 1.54) is 0 Å². The molecule has 0 radical (unpaired) electrons. The smallest absolute Gasteiger partial charge is 0.193 e. The summed E-state index contributed by atoms with van der Waals surface area (Å²) in [4.78, 5) is 6.84. The van der Waals surface area contributed by atoms with Crippen LogP contribution in [0.4, 0.5) is 5.69 Å². The summed E-state index contributed by atoms with van der Waals surface area (Å²) in [5.74, 6) is 2.37. The number of benzene rings is 1. The highest BCUT2D eigenvalue weighted by Gasteiger charge is 2.20. The normalized spacial score (nSPS) is 18.3. The molecule has 1 atom stereocenters. The first-order chi connectivity index (χ1) is 12.0. The average Bonchev–Trinajstić information content (AvgIpc) is 2.59. The van der Waals surface area contributed by atoms with E-state index in [4.69, 9.17) is 19.9 Å². The van der Waals surface area contributed by atoms with E-state index in [-0.39, 0.29) is 30.1 Å². The van der Waals surface area contributed by atoms with Gasteiger partial charge in [-0.05, 0) is 18.1 Å². The van der Waals surface area contributed by atoms with Crippen molar-refractivity contribution in [3.05, 3.63) is 18.2 Å². The van der Waals surface area contributed by atoms with Crippen molar-refractivity contribution in [2.75, 3.05) is 52.3 Å². The molecule has 26 heavy (non-hydrogen) atoms. The van der Waals surface area contributed by atoms with Crippen molar-refractivity contribution in [3.8, 4) is 11.5 Å². The molecule has 148 valence electrons. The number of hydrogen-bond donors (Lipinski definition) is 2. The minimum Gasteiger partial charge on any atom is -0.497 e. The van der Waals surface area contributed by atoms with Crippen LogP contribution in [0.15, 0.2) is 23.2 Å². The summed E-state index contributed by atoms with van der Waals surface area (Å²) in [6, 6.07) is 5.47. The Morgan fingerprint density at radius 3 is 2.81 bits per heavy atom. The van der Waals surface area contributed by atoms with Gasteiger partial charge in [0.25, 0.3) is 0 Å². The van der Waals surface area contributed by atoms with E-state index in [0.717, 1.165) is 32.0 Å². The second-order valence-corrected chi connectivity index (χ2v) is 6.56. The number of aliphatic imine (C=N–C) groups is 1. The van der Waals surface area contributed by atoms with Crippen molar-refractivity contribution in [3.63, 3.8) is 0 Å². The number of nitrogens with one attached hydrogen (secondary N) is 1. The monoisotopic (exact) mass is 478 g/mol. The van der Waals surface area contributed by atoms with Crippen LogP contribution in [0, 0.1) is 5.92 Å². The Balaban J connectivity index is 0.00000338. The van der Waals surface area contributed by atoms with Gasteiger partial charge in [0.15, 0.2) is 5.96 Å². The molecular weight excluding hydrogens is 447 g/mol. The molecule has 1 unspecified atom stereocenters. The molecule has 1 aliphatic rings. The van der Waals surface area contributed by atoms with E-state index in [1.807, 2.05) is 18.2 Å². The summed E-state index contributed by atoms with van der Waals surface area (Å²) in [6.45, 7) is 8.67. The van der Waals surface area contributed by atoms with Crippen LogP contribution in [0.1, 0.15) is 13.8 Å². The number of rotatable bonds is 7. The van der Waals surface area contributed by atoms with Crippen LogP contribution in [0.2, 0.25) is 0 Å². The molecule has 0 bridgehead atoms. The Hall–Kier alpha value is -1.26. The number of anilines is 1. The van der Waals surface area contributed by atoms with Gasteiger partial charge < -0.3 is 25.3 Å². The van der Waals surface area contributed by atoms with Gasteiger partial charge in [-0.25, -0.2) is 0 Å². The summed E-state index contributed by atoms with van der Waals surface area (Å²) in [7, 11) is 3.23. The van der Waals surface area contributed by atoms with Gasteiger partial charge >= 0.3 is 0 Å². The van der Waals surface area contributed by atoms with Crippen LogP contribution in [-0.2, 0) is 4.74 Å². The van der Waals surface area contributed by atoms with Gasteiger partial charge in [-0.1, -0.05) is 13.8 Å². The third kappa shape index (κ3) is 7.16. The van der Waals surface area contributed by atoms with E-state index in [0.29, 0.717) is 29.9 Å². The Kier molecular flexibility index (Phi) is 10.0. The topological polar surface area (TPSA) is 81.3 Å². The number of morpholine rings is 1. The molecule has 1 aliphatic heterocycles. The standard InChI is InChI=1S/C18H30N4O3.HI/c1-13(2)11-22-7-8-25-15(12-22)10-20-18(19)21-16-9-14(23-3)5-6-17(16)24-4;/h5-6,9,13,15H,7-8,10-12H2,1-4H3,(H3,19,20,21);1H. The van der Waals surface area contributed by atoms with E-state index in [9.17, 15) is 0 Å². The highest BCUT2D eigenvalue weighted by Crippen LogP contribution is 2.28. The minimum atomic E-state index is 0. The predicted molar refractivity (Wildman–Crippen MR) is 116 cm³/mol. The molecule has 0 spiro atoms. The number of methoxy groups -OCH3 is 2. The Morgan fingerprint density at radius 1 is 1.38 bits per heavy atom. The first-order valence-corrected chi connectivity index (χ1v) is 8.64. The quantitative estimate of drug-likeness (QED) is 0.356. The predicted octanol–water partition coefficient (Wildman–Crippen LogP) is 2.41. The number of nitrogens with zero attached hydrogens (tertiary/aromatic N) is 2. The number of ether oxygens (including phenoxy) is 3. The number of halogens is 1. The SMILES string of the molecule is COc1ccc(OC)c(NC(N)=NCC2CN(CC(C)C)CCO2)c1.I. The summed E-state index contributed by atoms with van der Waals surface area (Å²) >= 11 is 0. The molecular formula is C18H31IN4O3. The van der Waals surface area contributed by atoms with Crippen molar-refractivity contribution in [1.29, 1.82) is 0 Å². The van der Waals surface area contributed by atoms with Gasteiger partial charge in [-0.2, -0.15) is 0 Å².